The Hall–Kier alpha value is -2.53. The fraction of sp³-hybridized carbons (Fsp3) is 0.381. The lowest BCUT2D eigenvalue weighted by atomic mass is 9.89. The Bertz CT molecular complexity index is 870. The molecule has 132 valence electrons. The summed E-state index contributed by atoms with van der Waals surface area (Å²) in [7, 11) is 0. The molecule has 2 aromatic rings. The minimum Gasteiger partial charge on any atom is -0.265 e. The molecule has 0 amide bonds. The predicted molar refractivity (Wildman–Crippen MR) is 100 cm³/mol. The van der Waals surface area contributed by atoms with E-state index in [9.17, 15) is 10.1 Å². The predicted octanol–water partition coefficient (Wildman–Crippen LogP) is 4.48. The van der Waals surface area contributed by atoms with E-state index in [1.165, 1.54) is 30.5 Å². The fourth-order valence-electron chi connectivity index (χ4n) is 4.85. The van der Waals surface area contributed by atoms with Gasteiger partial charge in [0.25, 0.3) is 5.69 Å². The van der Waals surface area contributed by atoms with Gasteiger partial charge in [0, 0.05) is 12.1 Å². The molecule has 2 heterocycles. The summed E-state index contributed by atoms with van der Waals surface area (Å²) in [6.07, 6.45) is 5.97. The van der Waals surface area contributed by atoms with E-state index in [2.05, 4.69) is 29.2 Å². The highest BCUT2D eigenvalue weighted by Gasteiger charge is 2.65. The number of nitrogens with zero attached hydrogens (tertiary/aromatic N) is 3. The molecule has 5 nitrogen and oxygen atoms in total. The Balaban J connectivity index is 1.52. The van der Waals surface area contributed by atoms with Crippen LogP contribution in [0.2, 0.25) is 0 Å². The minimum atomic E-state index is -0.336. The summed E-state index contributed by atoms with van der Waals surface area (Å²) in [5.41, 5.74) is 3.64. The van der Waals surface area contributed by atoms with Crippen LogP contribution in [0.5, 0.6) is 0 Å². The molecule has 1 aliphatic carbocycles. The van der Waals surface area contributed by atoms with Gasteiger partial charge in [0.05, 0.1) is 22.7 Å². The average Bonchev–Trinajstić information content (AvgIpc) is 3.36. The minimum absolute atomic E-state index is 0.0689. The van der Waals surface area contributed by atoms with E-state index in [0.29, 0.717) is 12.1 Å². The third-order valence-electron chi connectivity index (χ3n) is 6.07. The van der Waals surface area contributed by atoms with Crippen LogP contribution in [-0.2, 0) is 0 Å². The van der Waals surface area contributed by atoms with Crippen molar-refractivity contribution in [2.24, 2.45) is 4.99 Å². The zero-order chi connectivity index (χ0) is 17.7. The van der Waals surface area contributed by atoms with Crippen LogP contribution in [0.3, 0.4) is 0 Å². The maximum absolute atomic E-state index is 10.9. The summed E-state index contributed by atoms with van der Waals surface area (Å²) in [5.74, 6) is 0. The van der Waals surface area contributed by atoms with Crippen molar-refractivity contribution in [2.75, 3.05) is 0 Å². The van der Waals surface area contributed by atoms with Gasteiger partial charge >= 0.3 is 0 Å². The molecule has 5 rings (SSSR count). The number of nitro groups is 1. The molecule has 1 saturated heterocycles. The third-order valence-corrected chi connectivity index (χ3v) is 6.07. The molecule has 5 heteroatoms. The number of non-ortho nitro benzene ring substituents is 1. The van der Waals surface area contributed by atoms with Crippen LogP contribution in [-0.4, -0.2) is 27.2 Å². The van der Waals surface area contributed by atoms with Crippen molar-refractivity contribution in [2.45, 2.75) is 49.9 Å². The largest absolute Gasteiger partial charge is 0.269 e. The molecule has 0 bridgehead atoms. The monoisotopic (exact) mass is 347 g/mol. The van der Waals surface area contributed by atoms with Crippen LogP contribution < -0.4 is 0 Å². The zero-order valence-corrected chi connectivity index (χ0v) is 14.5. The molecule has 1 spiro atoms. The first-order valence-corrected chi connectivity index (χ1v) is 9.38. The summed E-state index contributed by atoms with van der Waals surface area (Å²) in [6.45, 7) is 0. The second-order valence-corrected chi connectivity index (χ2v) is 7.55. The number of hydrogen-bond acceptors (Lipinski definition) is 4. The average molecular weight is 347 g/mol. The number of benzene rings is 2. The zero-order valence-electron chi connectivity index (χ0n) is 14.5. The first-order valence-electron chi connectivity index (χ1n) is 9.38. The van der Waals surface area contributed by atoms with Crippen LogP contribution in [0.15, 0.2) is 59.6 Å². The van der Waals surface area contributed by atoms with E-state index in [1.807, 2.05) is 18.2 Å². The van der Waals surface area contributed by atoms with Crippen LogP contribution >= 0.6 is 0 Å². The SMILES string of the molecule is O=[N+]([O-])c1ccc([C@H]2[C@@H]3C(c4ccccc4)=NC4(CCCCC4)N32)cc1. The van der Waals surface area contributed by atoms with Crippen molar-refractivity contribution in [3.05, 3.63) is 75.8 Å². The second kappa shape index (κ2) is 5.74. The van der Waals surface area contributed by atoms with Gasteiger partial charge in [-0.2, -0.15) is 0 Å². The highest BCUT2D eigenvalue weighted by Crippen LogP contribution is 2.59. The molecule has 0 N–H and O–H groups in total. The Morgan fingerprint density at radius 2 is 1.65 bits per heavy atom. The standard InChI is InChI=1S/C21H21N3O2/c25-24(26)17-11-9-16(10-12-17)19-20-18(15-7-3-1-4-8-15)22-21(23(19)20)13-5-2-6-14-21/h1,3-4,7-12,19-20H,2,5-6,13-14H2/t19-,20-,23?/m0/s1. The molecule has 2 aromatic carbocycles. The molecular formula is C21H21N3O2. The number of fused-ring (bicyclic) bond motifs is 2. The van der Waals surface area contributed by atoms with Gasteiger partial charge in [0.2, 0.25) is 0 Å². The Morgan fingerprint density at radius 1 is 0.962 bits per heavy atom. The van der Waals surface area contributed by atoms with Crippen molar-refractivity contribution >= 4 is 11.4 Å². The van der Waals surface area contributed by atoms with Gasteiger partial charge in [-0.3, -0.25) is 20.0 Å². The molecule has 0 aromatic heterocycles. The van der Waals surface area contributed by atoms with Crippen molar-refractivity contribution in [1.29, 1.82) is 0 Å². The Labute approximate surface area is 152 Å². The molecule has 1 unspecified atom stereocenters. The maximum Gasteiger partial charge on any atom is 0.269 e. The van der Waals surface area contributed by atoms with Gasteiger partial charge in [-0.25, -0.2) is 0 Å². The molecular weight excluding hydrogens is 326 g/mol. The van der Waals surface area contributed by atoms with E-state index in [0.717, 1.165) is 18.4 Å². The van der Waals surface area contributed by atoms with Gasteiger partial charge in [-0.1, -0.05) is 48.9 Å². The molecule has 3 aliphatic rings. The summed E-state index contributed by atoms with van der Waals surface area (Å²) >= 11 is 0. The summed E-state index contributed by atoms with van der Waals surface area (Å²) in [5, 5.41) is 10.9. The highest BCUT2D eigenvalue weighted by atomic mass is 16.6. The molecule has 0 radical (unpaired) electrons. The van der Waals surface area contributed by atoms with Gasteiger partial charge in [0.15, 0.2) is 0 Å². The van der Waals surface area contributed by atoms with Gasteiger partial charge in [0.1, 0.15) is 5.66 Å². The number of hydrogen-bond donors (Lipinski definition) is 0. The number of rotatable bonds is 3. The smallest absolute Gasteiger partial charge is 0.265 e. The molecule has 1 saturated carbocycles. The van der Waals surface area contributed by atoms with Crippen LogP contribution in [0.25, 0.3) is 0 Å². The van der Waals surface area contributed by atoms with Crippen molar-refractivity contribution in [3.63, 3.8) is 0 Å². The van der Waals surface area contributed by atoms with E-state index >= 15 is 0 Å². The van der Waals surface area contributed by atoms with Crippen LogP contribution in [0, 0.1) is 10.1 Å². The van der Waals surface area contributed by atoms with Gasteiger partial charge in [-0.05, 0) is 36.8 Å². The molecule has 26 heavy (non-hydrogen) atoms. The number of aliphatic imine (C=N–C) groups is 1. The van der Waals surface area contributed by atoms with E-state index in [-0.39, 0.29) is 16.3 Å². The van der Waals surface area contributed by atoms with Crippen molar-refractivity contribution in [1.82, 2.24) is 4.90 Å². The van der Waals surface area contributed by atoms with E-state index < -0.39 is 0 Å². The quantitative estimate of drug-likeness (QED) is 0.467. The first-order chi connectivity index (χ1) is 12.7. The van der Waals surface area contributed by atoms with Crippen LogP contribution in [0.1, 0.15) is 49.3 Å². The van der Waals surface area contributed by atoms with Crippen molar-refractivity contribution in [3.8, 4) is 0 Å². The van der Waals surface area contributed by atoms with Crippen molar-refractivity contribution < 1.29 is 4.92 Å². The lowest BCUT2D eigenvalue weighted by molar-refractivity contribution is -0.384. The second-order valence-electron chi connectivity index (χ2n) is 7.55. The molecule has 2 aliphatic heterocycles. The maximum atomic E-state index is 10.9. The van der Waals surface area contributed by atoms with Crippen LogP contribution in [0.4, 0.5) is 5.69 Å². The molecule has 3 atom stereocenters. The summed E-state index contributed by atoms with van der Waals surface area (Å²) < 4.78 is 0. The lowest BCUT2D eigenvalue weighted by Crippen LogP contribution is -2.36. The fourth-order valence-corrected chi connectivity index (χ4v) is 4.85. The summed E-state index contributed by atoms with van der Waals surface area (Å²) in [4.78, 5) is 18.4. The lowest BCUT2D eigenvalue weighted by Gasteiger charge is -2.34. The van der Waals surface area contributed by atoms with E-state index in [4.69, 9.17) is 4.99 Å². The normalized spacial score (nSPS) is 28.5. The summed E-state index contributed by atoms with van der Waals surface area (Å²) in [6, 6.07) is 18.1. The molecule has 2 fully saturated rings. The Morgan fingerprint density at radius 3 is 2.31 bits per heavy atom. The van der Waals surface area contributed by atoms with Gasteiger partial charge < -0.3 is 0 Å². The number of nitro benzene ring substituents is 1. The first kappa shape index (κ1) is 15.7. The Kier molecular flexibility index (Phi) is 3.47. The highest BCUT2D eigenvalue weighted by molar-refractivity contribution is 6.08. The van der Waals surface area contributed by atoms with Gasteiger partial charge in [-0.15, -0.1) is 0 Å². The van der Waals surface area contributed by atoms with E-state index in [1.54, 1.807) is 12.1 Å². The third kappa shape index (κ3) is 2.31. The topological polar surface area (TPSA) is 58.5 Å².